The van der Waals surface area contributed by atoms with Crippen LogP contribution in [0.2, 0.25) is 0 Å². The van der Waals surface area contributed by atoms with E-state index >= 15 is 0 Å². The van der Waals surface area contributed by atoms with Crippen molar-refractivity contribution < 1.29 is 4.74 Å². The second-order valence-electron chi connectivity index (χ2n) is 7.72. The molecule has 2 aromatic carbocycles. The van der Waals surface area contributed by atoms with Gasteiger partial charge in [0.15, 0.2) is 5.82 Å². The zero-order chi connectivity index (χ0) is 21.8. The van der Waals surface area contributed by atoms with Gasteiger partial charge in [0, 0.05) is 31.9 Å². The molecule has 0 spiro atoms. The van der Waals surface area contributed by atoms with Crippen molar-refractivity contribution in [2.75, 3.05) is 39.8 Å². The van der Waals surface area contributed by atoms with E-state index in [1.165, 1.54) is 5.56 Å². The van der Waals surface area contributed by atoms with Gasteiger partial charge in [0.25, 0.3) is 0 Å². The average Bonchev–Trinajstić information content (AvgIpc) is 3.11. The summed E-state index contributed by atoms with van der Waals surface area (Å²) in [6.45, 7) is 7.20. The summed E-state index contributed by atoms with van der Waals surface area (Å²) in [7, 11) is 1.68. The first-order chi connectivity index (χ1) is 15.1. The third-order valence-corrected chi connectivity index (χ3v) is 5.99. The molecule has 0 saturated carbocycles. The molecule has 160 valence electrons. The number of rotatable bonds is 6. The molecule has 0 unspecified atom stereocenters. The first-order valence-corrected chi connectivity index (χ1v) is 10.8. The molecule has 1 saturated heterocycles. The van der Waals surface area contributed by atoms with Crippen molar-refractivity contribution in [3.63, 3.8) is 0 Å². The predicted molar refractivity (Wildman–Crippen MR) is 126 cm³/mol. The summed E-state index contributed by atoms with van der Waals surface area (Å²) in [4.78, 5) is 4.66. The smallest absolute Gasteiger partial charge is 0.204 e. The molecule has 4 rings (SSSR count). The summed E-state index contributed by atoms with van der Waals surface area (Å²) >= 11 is 5.90. The molecule has 3 aromatic rings. The number of aryl methyl sites for hydroxylation is 1. The maximum atomic E-state index is 5.90. The number of para-hydroxylation sites is 1. The highest BCUT2D eigenvalue weighted by atomic mass is 32.1. The van der Waals surface area contributed by atoms with E-state index in [0.29, 0.717) is 18.0 Å². The molecule has 1 aliphatic rings. The van der Waals surface area contributed by atoms with Crippen LogP contribution in [0, 0.1) is 24.0 Å². The number of methoxy groups -OCH3 is 1. The fourth-order valence-electron chi connectivity index (χ4n) is 3.84. The van der Waals surface area contributed by atoms with Crippen molar-refractivity contribution in [3.05, 3.63) is 58.9 Å². The van der Waals surface area contributed by atoms with Gasteiger partial charge >= 0.3 is 0 Å². The van der Waals surface area contributed by atoms with Crippen LogP contribution in [0.15, 0.2) is 48.5 Å². The molecule has 1 fully saturated rings. The molecule has 2 heterocycles. The Morgan fingerprint density at radius 1 is 1.03 bits per heavy atom. The van der Waals surface area contributed by atoms with E-state index in [4.69, 9.17) is 28.5 Å². The van der Waals surface area contributed by atoms with Crippen LogP contribution in [0.5, 0.6) is 5.75 Å². The molecule has 1 aromatic heterocycles. The highest BCUT2D eigenvalue weighted by molar-refractivity contribution is 7.71. The van der Waals surface area contributed by atoms with E-state index in [0.717, 1.165) is 49.0 Å². The second-order valence-corrected chi connectivity index (χ2v) is 8.08. The highest BCUT2D eigenvalue weighted by Crippen LogP contribution is 2.30. The number of aromatic nitrogens is 3. The highest BCUT2D eigenvalue weighted by Gasteiger charge is 2.21. The third kappa shape index (κ3) is 4.57. The molecule has 1 aliphatic heterocycles. The molecule has 6 nitrogen and oxygen atoms in total. The standard InChI is InChI=1S/C24H27N5OS/c1-4-13-26-14-16-27(17-15-26)18-28-24(31)29(20-11-9-19(2)10-12-20)23(25-28)21-7-5-6-8-22(21)30-3/h1,5-12H,13-18H2,2-3H3. The van der Waals surface area contributed by atoms with Gasteiger partial charge in [-0.15, -0.1) is 11.5 Å². The molecule has 0 atom stereocenters. The van der Waals surface area contributed by atoms with Crippen molar-refractivity contribution in [2.24, 2.45) is 0 Å². The van der Waals surface area contributed by atoms with Crippen LogP contribution in [0.4, 0.5) is 0 Å². The minimum Gasteiger partial charge on any atom is -0.496 e. The van der Waals surface area contributed by atoms with Gasteiger partial charge in [-0.1, -0.05) is 35.7 Å². The maximum Gasteiger partial charge on any atom is 0.204 e. The Hall–Kier alpha value is -2.92. The van der Waals surface area contributed by atoms with E-state index in [9.17, 15) is 0 Å². The topological polar surface area (TPSA) is 38.5 Å². The van der Waals surface area contributed by atoms with Gasteiger partial charge < -0.3 is 4.74 Å². The van der Waals surface area contributed by atoms with E-state index in [2.05, 4.69) is 46.9 Å². The quantitative estimate of drug-likeness (QED) is 0.439. The number of piperazine rings is 1. The van der Waals surface area contributed by atoms with Gasteiger partial charge in [0.1, 0.15) is 5.75 Å². The molecule has 0 N–H and O–H groups in total. The lowest BCUT2D eigenvalue weighted by Gasteiger charge is -2.33. The van der Waals surface area contributed by atoms with Crippen molar-refractivity contribution >= 4 is 12.2 Å². The Morgan fingerprint density at radius 3 is 2.39 bits per heavy atom. The lowest BCUT2D eigenvalue weighted by Crippen LogP contribution is -2.46. The molecule has 0 aliphatic carbocycles. The summed E-state index contributed by atoms with van der Waals surface area (Å²) in [5.41, 5.74) is 3.10. The third-order valence-electron chi connectivity index (χ3n) is 5.59. The summed E-state index contributed by atoms with van der Waals surface area (Å²) in [5.74, 6) is 4.28. The van der Waals surface area contributed by atoms with Crippen LogP contribution in [0.25, 0.3) is 17.1 Å². The van der Waals surface area contributed by atoms with Crippen LogP contribution in [-0.2, 0) is 6.67 Å². The van der Waals surface area contributed by atoms with E-state index < -0.39 is 0 Å². The fraction of sp³-hybridized carbons (Fsp3) is 0.333. The largest absolute Gasteiger partial charge is 0.496 e. The van der Waals surface area contributed by atoms with Crippen LogP contribution in [0.3, 0.4) is 0 Å². The van der Waals surface area contributed by atoms with Crippen molar-refractivity contribution in [2.45, 2.75) is 13.6 Å². The Labute approximate surface area is 188 Å². The number of terminal acetylenes is 1. The lowest BCUT2D eigenvalue weighted by atomic mass is 10.1. The molecular weight excluding hydrogens is 406 g/mol. The van der Waals surface area contributed by atoms with E-state index in [1.54, 1.807) is 7.11 Å². The molecule has 0 amide bonds. The van der Waals surface area contributed by atoms with Gasteiger partial charge in [-0.3, -0.25) is 14.4 Å². The van der Waals surface area contributed by atoms with E-state index in [1.807, 2.05) is 33.5 Å². The molecule has 31 heavy (non-hydrogen) atoms. The van der Waals surface area contributed by atoms with Crippen molar-refractivity contribution in [1.82, 2.24) is 24.1 Å². The van der Waals surface area contributed by atoms with E-state index in [-0.39, 0.29) is 0 Å². The molecule has 0 radical (unpaired) electrons. The van der Waals surface area contributed by atoms with Crippen LogP contribution >= 0.6 is 12.2 Å². The summed E-state index contributed by atoms with van der Waals surface area (Å²) in [5, 5.41) is 4.94. The molecule has 0 bridgehead atoms. The summed E-state index contributed by atoms with van der Waals surface area (Å²) < 4.78 is 10.2. The zero-order valence-electron chi connectivity index (χ0n) is 18.0. The Morgan fingerprint density at radius 2 is 1.71 bits per heavy atom. The summed E-state index contributed by atoms with van der Waals surface area (Å²) in [6.07, 6.45) is 5.45. The number of nitrogens with zero attached hydrogens (tertiary/aromatic N) is 5. The second kappa shape index (κ2) is 9.48. The van der Waals surface area contributed by atoms with Gasteiger partial charge in [-0.2, -0.15) is 0 Å². The van der Waals surface area contributed by atoms with Crippen molar-refractivity contribution in [3.8, 4) is 35.2 Å². The fourth-order valence-corrected chi connectivity index (χ4v) is 4.13. The number of benzene rings is 2. The van der Waals surface area contributed by atoms with Crippen LogP contribution in [-0.4, -0.2) is 64.0 Å². The minimum absolute atomic E-state index is 0.643. The first kappa shape index (κ1) is 21.3. The lowest BCUT2D eigenvalue weighted by molar-refractivity contribution is 0.111. The van der Waals surface area contributed by atoms with Crippen LogP contribution in [0.1, 0.15) is 5.56 Å². The normalized spacial score (nSPS) is 15.0. The average molecular weight is 434 g/mol. The molecular formula is C24H27N5OS. The number of hydrogen-bond acceptors (Lipinski definition) is 5. The van der Waals surface area contributed by atoms with Crippen molar-refractivity contribution in [1.29, 1.82) is 0 Å². The van der Waals surface area contributed by atoms with Gasteiger partial charge in [-0.25, -0.2) is 4.68 Å². The Balaban J connectivity index is 1.72. The van der Waals surface area contributed by atoms with Gasteiger partial charge in [-0.05, 0) is 43.4 Å². The Bertz CT molecular complexity index is 1130. The number of hydrogen-bond donors (Lipinski definition) is 0. The molecule has 7 heteroatoms. The van der Waals surface area contributed by atoms with Crippen LogP contribution < -0.4 is 4.74 Å². The van der Waals surface area contributed by atoms with Gasteiger partial charge in [0.2, 0.25) is 4.77 Å². The monoisotopic (exact) mass is 433 g/mol. The first-order valence-electron chi connectivity index (χ1n) is 10.4. The Kier molecular flexibility index (Phi) is 6.52. The predicted octanol–water partition coefficient (Wildman–Crippen LogP) is 3.60. The maximum absolute atomic E-state index is 5.90. The summed E-state index contributed by atoms with van der Waals surface area (Å²) in [6, 6.07) is 16.2. The minimum atomic E-state index is 0.643. The number of ether oxygens (including phenoxy) is 1. The zero-order valence-corrected chi connectivity index (χ0v) is 18.8. The van der Waals surface area contributed by atoms with Gasteiger partial charge in [0.05, 0.1) is 25.9 Å². The SMILES string of the molecule is C#CCN1CCN(Cn2nc(-c3ccccc3OC)n(-c3ccc(C)cc3)c2=S)CC1.